The van der Waals surface area contributed by atoms with Crippen LogP contribution in [0.15, 0.2) is 18.5 Å². The van der Waals surface area contributed by atoms with Crippen LogP contribution in [0.25, 0.3) is 11.0 Å². The summed E-state index contributed by atoms with van der Waals surface area (Å²) in [4.78, 5) is 10.2. The van der Waals surface area contributed by atoms with E-state index >= 15 is 0 Å². The van der Waals surface area contributed by atoms with E-state index < -0.39 is 0 Å². The molecule has 2 heterocycles. The Hall–Kier alpha value is -0.470. The Balaban J connectivity index is 1.74. The summed E-state index contributed by atoms with van der Waals surface area (Å²) in [6.07, 6.45) is 4.18. The van der Waals surface area contributed by atoms with Gasteiger partial charge in [-0.1, -0.05) is 6.07 Å². The van der Waals surface area contributed by atoms with E-state index in [-0.39, 0.29) is 0 Å². The van der Waals surface area contributed by atoms with Gasteiger partial charge in [-0.25, -0.2) is 4.98 Å². The molecule has 108 valence electrons. The zero-order valence-corrected chi connectivity index (χ0v) is 14.4. The lowest BCUT2D eigenvalue weighted by Gasteiger charge is -2.33. The number of imidazole rings is 1. The number of hydrogen-bond donors (Lipinski definition) is 1. The molecular weight excluding hydrogens is 385 g/mol. The molecule has 6 heteroatoms. The highest BCUT2D eigenvalue weighted by molar-refractivity contribution is 14.2. The molecule has 1 fully saturated rings. The predicted octanol–water partition coefficient (Wildman–Crippen LogP) is 4.10. The highest BCUT2D eigenvalue weighted by atomic mass is 127. The lowest BCUT2D eigenvalue weighted by Crippen LogP contribution is -2.35. The largest absolute Gasteiger partial charge is 0.370 e. The second-order valence-electron chi connectivity index (χ2n) is 5.31. The SMILES string of the molecule is Cc1ccc(N2CCC(COSI)CC2)c2[nH]cnc12. The zero-order chi connectivity index (χ0) is 13.9. The van der Waals surface area contributed by atoms with E-state index in [1.165, 1.54) is 38.8 Å². The van der Waals surface area contributed by atoms with Gasteiger partial charge in [0, 0.05) is 34.3 Å². The van der Waals surface area contributed by atoms with Crippen molar-refractivity contribution in [2.24, 2.45) is 5.92 Å². The molecule has 0 unspecified atom stereocenters. The Bertz CT molecular complexity index is 581. The van der Waals surface area contributed by atoms with Gasteiger partial charge in [-0.2, -0.15) is 0 Å². The molecule has 0 aliphatic carbocycles. The molecule has 0 amide bonds. The maximum absolute atomic E-state index is 5.46. The molecule has 3 rings (SSSR count). The third-order valence-electron chi connectivity index (χ3n) is 4.06. The molecule has 1 saturated heterocycles. The van der Waals surface area contributed by atoms with Crippen LogP contribution in [0.3, 0.4) is 0 Å². The predicted molar refractivity (Wildman–Crippen MR) is 93.3 cm³/mol. The van der Waals surface area contributed by atoms with Crippen LogP contribution in [-0.4, -0.2) is 29.7 Å². The van der Waals surface area contributed by atoms with Crippen molar-refractivity contribution in [3.05, 3.63) is 24.0 Å². The number of aromatic amines is 1. The molecule has 2 aromatic rings. The van der Waals surface area contributed by atoms with Crippen molar-refractivity contribution in [3.8, 4) is 0 Å². The summed E-state index contributed by atoms with van der Waals surface area (Å²) >= 11 is 2.18. The third kappa shape index (κ3) is 2.92. The van der Waals surface area contributed by atoms with Gasteiger partial charge < -0.3 is 14.1 Å². The Kier molecular flexibility index (Phi) is 4.72. The van der Waals surface area contributed by atoms with Crippen molar-refractivity contribution < 1.29 is 4.18 Å². The summed E-state index contributed by atoms with van der Waals surface area (Å²) in [5.41, 5.74) is 4.77. The summed E-state index contributed by atoms with van der Waals surface area (Å²) in [7, 11) is 1.44. The number of halogens is 1. The van der Waals surface area contributed by atoms with Gasteiger partial charge in [-0.15, -0.1) is 0 Å². The number of aromatic nitrogens is 2. The number of nitrogens with zero attached hydrogens (tertiary/aromatic N) is 2. The number of hydrogen-bond acceptors (Lipinski definition) is 4. The van der Waals surface area contributed by atoms with E-state index in [2.05, 4.69) is 55.1 Å². The summed E-state index contributed by atoms with van der Waals surface area (Å²) < 4.78 is 5.46. The van der Waals surface area contributed by atoms with Gasteiger partial charge in [0.1, 0.15) is 0 Å². The number of benzene rings is 1. The molecular formula is C14H18IN3OS. The normalized spacial score (nSPS) is 17.0. The fourth-order valence-corrected chi connectivity index (χ4v) is 3.57. The van der Waals surface area contributed by atoms with Gasteiger partial charge in [0.05, 0.1) is 38.9 Å². The molecule has 0 atom stereocenters. The molecule has 1 aliphatic rings. The van der Waals surface area contributed by atoms with E-state index in [4.69, 9.17) is 4.18 Å². The molecule has 4 nitrogen and oxygen atoms in total. The molecule has 1 aromatic heterocycles. The Labute approximate surface area is 135 Å². The Morgan fingerprint density at radius 2 is 2.25 bits per heavy atom. The van der Waals surface area contributed by atoms with Crippen molar-refractivity contribution in [2.45, 2.75) is 19.8 Å². The lowest BCUT2D eigenvalue weighted by atomic mass is 9.97. The first-order chi connectivity index (χ1) is 9.79. The summed E-state index contributed by atoms with van der Waals surface area (Å²) in [6, 6.07) is 4.38. The molecule has 1 N–H and O–H groups in total. The average molecular weight is 403 g/mol. The fraction of sp³-hybridized carbons (Fsp3) is 0.500. The topological polar surface area (TPSA) is 41.1 Å². The van der Waals surface area contributed by atoms with Crippen LogP contribution < -0.4 is 4.90 Å². The van der Waals surface area contributed by atoms with Crippen molar-refractivity contribution in [3.63, 3.8) is 0 Å². The van der Waals surface area contributed by atoms with Gasteiger partial charge in [0.15, 0.2) is 0 Å². The Morgan fingerprint density at radius 3 is 3.00 bits per heavy atom. The van der Waals surface area contributed by atoms with Crippen molar-refractivity contribution in [1.82, 2.24) is 9.97 Å². The fourth-order valence-electron chi connectivity index (χ4n) is 2.88. The van der Waals surface area contributed by atoms with Gasteiger partial charge in [-0.05, 0) is 37.3 Å². The summed E-state index contributed by atoms with van der Waals surface area (Å²) in [6.45, 7) is 5.17. The van der Waals surface area contributed by atoms with Gasteiger partial charge in [-0.3, -0.25) is 0 Å². The monoisotopic (exact) mass is 403 g/mol. The minimum atomic E-state index is 0.691. The van der Waals surface area contributed by atoms with Crippen LogP contribution in [-0.2, 0) is 4.18 Å². The maximum atomic E-state index is 5.46. The second-order valence-corrected chi connectivity index (χ2v) is 6.75. The molecule has 0 spiro atoms. The summed E-state index contributed by atoms with van der Waals surface area (Å²) in [5.74, 6) is 0.691. The Morgan fingerprint density at radius 1 is 1.45 bits per heavy atom. The molecule has 0 bridgehead atoms. The van der Waals surface area contributed by atoms with Crippen LogP contribution in [0.1, 0.15) is 18.4 Å². The first kappa shape index (κ1) is 14.5. The number of piperidine rings is 1. The lowest BCUT2D eigenvalue weighted by molar-refractivity contribution is 0.256. The minimum absolute atomic E-state index is 0.691. The standard InChI is InChI=1S/C14H18IN3OS/c1-10-2-3-12(14-13(10)16-9-17-14)18-6-4-11(5-7-18)8-19-20-15/h2-3,9,11H,4-8H2,1H3,(H,16,17). The molecule has 1 aliphatic heterocycles. The highest BCUT2D eigenvalue weighted by Gasteiger charge is 2.21. The number of H-pyrrole nitrogens is 1. The molecule has 0 saturated carbocycles. The van der Waals surface area contributed by atoms with E-state index in [1.807, 2.05) is 0 Å². The van der Waals surface area contributed by atoms with Crippen molar-refractivity contribution >= 4 is 47.1 Å². The maximum Gasteiger partial charge on any atom is 0.0933 e. The van der Waals surface area contributed by atoms with Crippen LogP contribution in [0.5, 0.6) is 0 Å². The zero-order valence-electron chi connectivity index (χ0n) is 11.4. The van der Waals surface area contributed by atoms with Gasteiger partial charge >= 0.3 is 0 Å². The third-order valence-corrected chi connectivity index (χ3v) is 5.05. The number of anilines is 1. The first-order valence-electron chi connectivity index (χ1n) is 6.87. The van der Waals surface area contributed by atoms with Gasteiger partial charge in [0.25, 0.3) is 0 Å². The molecule has 20 heavy (non-hydrogen) atoms. The van der Waals surface area contributed by atoms with E-state index in [9.17, 15) is 0 Å². The first-order valence-corrected chi connectivity index (χ1v) is 10.2. The van der Waals surface area contributed by atoms with E-state index in [0.29, 0.717) is 5.92 Å². The number of rotatable bonds is 4. The average Bonchev–Trinajstić information content (AvgIpc) is 2.97. The van der Waals surface area contributed by atoms with Crippen LogP contribution >= 0.6 is 30.4 Å². The number of fused-ring (bicyclic) bond motifs is 1. The van der Waals surface area contributed by atoms with E-state index in [1.54, 1.807) is 6.33 Å². The molecule has 0 radical (unpaired) electrons. The van der Waals surface area contributed by atoms with Crippen molar-refractivity contribution in [1.29, 1.82) is 0 Å². The molecule has 1 aromatic carbocycles. The number of aryl methyl sites for hydroxylation is 1. The van der Waals surface area contributed by atoms with Crippen molar-refractivity contribution in [2.75, 3.05) is 24.6 Å². The van der Waals surface area contributed by atoms with Crippen LogP contribution in [0.2, 0.25) is 0 Å². The smallest absolute Gasteiger partial charge is 0.0933 e. The summed E-state index contributed by atoms with van der Waals surface area (Å²) in [5, 5.41) is 0. The number of nitrogens with one attached hydrogen (secondary N) is 1. The van der Waals surface area contributed by atoms with Crippen LogP contribution in [0, 0.1) is 12.8 Å². The minimum Gasteiger partial charge on any atom is -0.370 e. The second kappa shape index (κ2) is 6.53. The van der Waals surface area contributed by atoms with Gasteiger partial charge in [0.2, 0.25) is 0 Å². The van der Waals surface area contributed by atoms with E-state index in [0.717, 1.165) is 25.2 Å². The highest BCUT2D eigenvalue weighted by Crippen LogP contribution is 2.30. The van der Waals surface area contributed by atoms with Crippen LogP contribution in [0.4, 0.5) is 5.69 Å². The quantitative estimate of drug-likeness (QED) is 0.617.